The highest BCUT2D eigenvalue weighted by Crippen LogP contribution is 2.18. The fourth-order valence-electron chi connectivity index (χ4n) is 2.02. The molecule has 0 aliphatic rings. The summed E-state index contributed by atoms with van der Waals surface area (Å²) in [7, 11) is 0. The van der Waals surface area contributed by atoms with E-state index in [1.165, 1.54) is 18.4 Å². The van der Waals surface area contributed by atoms with Crippen molar-refractivity contribution in [3.63, 3.8) is 0 Å². The molecule has 0 spiro atoms. The quantitative estimate of drug-likeness (QED) is 0.767. The van der Waals surface area contributed by atoms with Gasteiger partial charge in [-0.2, -0.15) is 0 Å². The molecule has 0 saturated heterocycles. The van der Waals surface area contributed by atoms with Gasteiger partial charge in [-0.05, 0) is 42.4 Å². The van der Waals surface area contributed by atoms with Crippen molar-refractivity contribution in [3.05, 3.63) is 35.4 Å². The molecular weight excluding hydrogens is 250 g/mol. The summed E-state index contributed by atoms with van der Waals surface area (Å²) in [4.78, 5) is 12.0. The maximum atomic E-state index is 12.0. The first-order valence-electron chi connectivity index (χ1n) is 7.46. The first-order valence-corrected chi connectivity index (χ1v) is 7.46. The minimum absolute atomic E-state index is 0.0435. The number of amides is 1. The summed E-state index contributed by atoms with van der Waals surface area (Å²) in [6.07, 6.45) is 4.12. The number of unbranched alkanes of at least 4 members (excludes halogenated alkanes) is 1. The molecule has 0 aliphatic heterocycles. The smallest absolute Gasteiger partial charge is 0.251 e. The van der Waals surface area contributed by atoms with Crippen LogP contribution in [0.15, 0.2) is 24.3 Å². The Morgan fingerprint density at radius 2 is 1.90 bits per heavy atom. The molecule has 1 aromatic rings. The van der Waals surface area contributed by atoms with E-state index in [1.54, 1.807) is 0 Å². The van der Waals surface area contributed by atoms with E-state index < -0.39 is 0 Å². The molecule has 1 aromatic carbocycles. The van der Waals surface area contributed by atoms with Crippen LogP contribution in [0.25, 0.3) is 0 Å². The second-order valence-electron chi connectivity index (χ2n) is 6.12. The Balaban J connectivity index is 2.51. The van der Waals surface area contributed by atoms with Gasteiger partial charge in [-0.25, -0.2) is 0 Å². The number of hydrogen-bond acceptors (Lipinski definition) is 2. The minimum atomic E-state index is -0.0779. The maximum Gasteiger partial charge on any atom is 0.251 e. The van der Waals surface area contributed by atoms with Gasteiger partial charge in [0.2, 0.25) is 0 Å². The first kappa shape index (κ1) is 16.7. The second kappa shape index (κ2) is 8.05. The molecule has 0 radical (unpaired) electrons. The standard InChI is InChI=1S/C17H27NO2/c1-4-5-6-14-7-9-15(10-8-14)16(20)18-13-17(2,3)11-12-19/h7-10,19H,4-6,11-13H2,1-3H3,(H,18,20). The van der Waals surface area contributed by atoms with Crippen molar-refractivity contribution in [1.29, 1.82) is 0 Å². The summed E-state index contributed by atoms with van der Waals surface area (Å²) >= 11 is 0. The normalized spacial score (nSPS) is 11.4. The van der Waals surface area contributed by atoms with Crippen LogP contribution in [0, 0.1) is 5.41 Å². The van der Waals surface area contributed by atoms with E-state index in [2.05, 4.69) is 12.2 Å². The van der Waals surface area contributed by atoms with Crippen molar-refractivity contribution >= 4 is 5.91 Å². The fraction of sp³-hybridized carbons (Fsp3) is 0.588. The fourth-order valence-corrected chi connectivity index (χ4v) is 2.02. The van der Waals surface area contributed by atoms with E-state index in [1.807, 2.05) is 38.1 Å². The molecule has 0 aliphatic carbocycles. The van der Waals surface area contributed by atoms with Gasteiger partial charge in [-0.15, -0.1) is 0 Å². The van der Waals surface area contributed by atoms with E-state index in [0.29, 0.717) is 18.5 Å². The van der Waals surface area contributed by atoms with E-state index in [9.17, 15) is 4.79 Å². The summed E-state index contributed by atoms with van der Waals surface area (Å²) in [5.41, 5.74) is 1.90. The van der Waals surface area contributed by atoms with Crippen LogP contribution in [-0.2, 0) is 6.42 Å². The highest BCUT2D eigenvalue weighted by Gasteiger charge is 2.18. The zero-order chi connectivity index (χ0) is 15.0. The monoisotopic (exact) mass is 277 g/mol. The molecule has 0 fully saturated rings. The van der Waals surface area contributed by atoms with Gasteiger partial charge in [0, 0.05) is 18.7 Å². The number of rotatable bonds is 8. The number of carbonyl (C=O) groups is 1. The predicted octanol–water partition coefficient (Wildman–Crippen LogP) is 3.17. The van der Waals surface area contributed by atoms with Crippen LogP contribution in [0.3, 0.4) is 0 Å². The lowest BCUT2D eigenvalue weighted by Gasteiger charge is -2.23. The van der Waals surface area contributed by atoms with Crippen LogP contribution in [0.4, 0.5) is 0 Å². The molecule has 0 heterocycles. The van der Waals surface area contributed by atoms with Gasteiger partial charge in [-0.1, -0.05) is 39.3 Å². The van der Waals surface area contributed by atoms with Crippen LogP contribution in [0.2, 0.25) is 0 Å². The molecule has 0 aromatic heterocycles. The van der Waals surface area contributed by atoms with Crippen molar-refractivity contribution in [2.45, 2.75) is 46.5 Å². The van der Waals surface area contributed by atoms with E-state index in [0.717, 1.165) is 6.42 Å². The number of benzene rings is 1. The van der Waals surface area contributed by atoms with E-state index >= 15 is 0 Å². The SMILES string of the molecule is CCCCc1ccc(C(=O)NCC(C)(C)CCO)cc1. The molecule has 0 saturated carbocycles. The third kappa shape index (κ3) is 5.74. The molecule has 0 bridgehead atoms. The molecule has 0 unspecified atom stereocenters. The Morgan fingerprint density at radius 1 is 1.25 bits per heavy atom. The predicted molar refractivity (Wildman–Crippen MR) is 82.9 cm³/mol. The first-order chi connectivity index (χ1) is 9.48. The van der Waals surface area contributed by atoms with Gasteiger partial charge >= 0.3 is 0 Å². The molecule has 20 heavy (non-hydrogen) atoms. The van der Waals surface area contributed by atoms with Crippen molar-refractivity contribution < 1.29 is 9.90 Å². The largest absolute Gasteiger partial charge is 0.396 e. The second-order valence-corrected chi connectivity index (χ2v) is 6.12. The molecule has 112 valence electrons. The Hall–Kier alpha value is -1.35. The summed E-state index contributed by atoms with van der Waals surface area (Å²) in [6.45, 7) is 6.98. The molecule has 3 nitrogen and oxygen atoms in total. The number of nitrogens with one attached hydrogen (secondary N) is 1. The van der Waals surface area contributed by atoms with Crippen molar-refractivity contribution in [3.8, 4) is 0 Å². The summed E-state index contributed by atoms with van der Waals surface area (Å²) < 4.78 is 0. The van der Waals surface area contributed by atoms with Gasteiger partial charge in [0.1, 0.15) is 0 Å². The number of aliphatic hydroxyl groups is 1. The molecule has 1 rings (SSSR count). The molecule has 1 amide bonds. The lowest BCUT2D eigenvalue weighted by atomic mass is 9.89. The topological polar surface area (TPSA) is 49.3 Å². The number of hydrogen-bond donors (Lipinski definition) is 2. The third-order valence-corrected chi connectivity index (χ3v) is 3.55. The molecule has 2 N–H and O–H groups in total. The Bertz CT molecular complexity index is 410. The van der Waals surface area contributed by atoms with Gasteiger partial charge in [0.25, 0.3) is 5.91 Å². The summed E-state index contributed by atoms with van der Waals surface area (Å²) in [5, 5.41) is 11.9. The zero-order valence-corrected chi connectivity index (χ0v) is 12.9. The summed E-state index contributed by atoms with van der Waals surface area (Å²) in [6, 6.07) is 7.84. The lowest BCUT2D eigenvalue weighted by Crippen LogP contribution is -2.34. The van der Waals surface area contributed by atoms with Crippen molar-refractivity contribution in [2.24, 2.45) is 5.41 Å². The number of aliphatic hydroxyl groups excluding tert-OH is 1. The molecular formula is C17H27NO2. The highest BCUT2D eigenvalue weighted by molar-refractivity contribution is 5.94. The Labute approximate surface area is 122 Å². The van der Waals surface area contributed by atoms with Crippen LogP contribution in [-0.4, -0.2) is 24.2 Å². The Morgan fingerprint density at radius 3 is 2.45 bits per heavy atom. The lowest BCUT2D eigenvalue weighted by molar-refractivity contribution is 0.0928. The van der Waals surface area contributed by atoms with Crippen LogP contribution in [0.5, 0.6) is 0 Å². The molecule has 3 heteroatoms. The number of aryl methyl sites for hydroxylation is 1. The highest BCUT2D eigenvalue weighted by atomic mass is 16.3. The van der Waals surface area contributed by atoms with Gasteiger partial charge in [0.05, 0.1) is 0 Å². The minimum Gasteiger partial charge on any atom is -0.396 e. The van der Waals surface area contributed by atoms with E-state index in [-0.39, 0.29) is 17.9 Å². The third-order valence-electron chi connectivity index (χ3n) is 3.55. The van der Waals surface area contributed by atoms with Gasteiger partial charge < -0.3 is 10.4 Å². The average molecular weight is 277 g/mol. The number of carbonyl (C=O) groups excluding carboxylic acids is 1. The molecule has 0 atom stereocenters. The van der Waals surface area contributed by atoms with Crippen LogP contribution in [0.1, 0.15) is 56.0 Å². The Kier molecular flexibility index (Phi) is 6.73. The van der Waals surface area contributed by atoms with Crippen molar-refractivity contribution in [2.75, 3.05) is 13.2 Å². The van der Waals surface area contributed by atoms with Crippen LogP contribution >= 0.6 is 0 Å². The van der Waals surface area contributed by atoms with Gasteiger partial charge in [0.15, 0.2) is 0 Å². The van der Waals surface area contributed by atoms with Crippen molar-refractivity contribution in [1.82, 2.24) is 5.32 Å². The summed E-state index contributed by atoms with van der Waals surface area (Å²) in [5.74, 6) is -0.0435. The van der Waals surface area contributed by atoms with E-state index in [4.69, 9.17) is 5.11 Å². The van der Waals surface area contributed by atoms with Gasteiger partial charge in [-0.3, -0.25) is 4.79 Å². The van der Waals surface area contributed by atoms with Crippen LogP contribution < -0.4 is 5.32 Å². The maximum absolute atomic E-state index is 12.0. The average Bonchev–Trinajstić information content (AvgIpc) is 2.43. The zero-order valence-electron chi connectivity index (χ0n) is 12.9.